The van der Waals surface area contributed by atoms with E-state index in [1.807, 2.05) is 0 Å². The second kappa shape index (κ2) is 5.55. The van der Waals surface area contributed by atoms with E-state index >= 15 is 0 Å². The van der Waals surface area contributed by atoms with Crippen molar-refractivity contribution in [1.82, 2.24) is 0 Å². The van der Waals surface area contributed by atoms with Crippen LogP contribution in [0.5, 0.6) is 0 Å². The molecule has 3 heteroatoms. The molecule has 0 aliphatic heterocycles. The first-order chi connectivity index (χ1) is 7.18. The molecule has 0 atom stereocenters. The maximum atomic E-state index is 13.8. The molecule has 0 radical (unpaired) electrons. The number of hydrogen-bond acceptors (Lipinski definition) is 0. The highest BCUT2D eigenvalue weighted by Crippen LogP contribution is 2.45. The average molecular weight is 234 g/mol. The zero-order valence-corrected chi connectivity index (χ0v) is 10.5. The van der Waals surface area contributed by atoms with Crippen LogP contribution in [0.2, 0.25) is 0 Å². The fraction of sp³-hybridized carbons (Fsp3) is 0.692. The Morgan fingerprint density at radius 3 is 2.06 bits per heavy atom. The predicted molar refractivity (Wildman–Crippen MR) is 62.3 cm³/mol. The molecule has 0 aromatic heterocycles. The van der Waals surface area contributed by atoms with Crippen LogP contribution >= 0.6 is 0 Å². The lowest BCUT2D eigenvalue weighted by Gasteiger charge is -2.34. The Morgan fingerprint density at radius 1 is 1.25 bits per heavy atom. The van der Waals surface area contributed by atoms with E-state index < -0.39 is 17.2 Å². The van der Waals surface area contributed by atoms with Crippen molar-refractivity contribution in [2.75, 3.05) is 0 Å². The standard InChI is InChI=1S/C13H21F3/c1-6-8-9-11(14)10(7-2)12(3,4)13(5,15)16/h6H,1,7-9H2,2-5H3. The Balaban J connectivity index is 5.18. The van der Waals surface area contributed by atoms with Gasteiger partial charge in [-0.25, -0.2) is 13.2 Å². The van der Waals surface area contributed by atoms with Crippen molar-refractivity contribution >= 4 is 0 Å². The van der Waals surface area contributed by atoms with E-state index in [-0.39, 0.29) is 12.0 Å². The normalized spacial score (nSPS) is 14.7. The number of allylic oxidation sites excluding steroid dienone is 3. The molecular formula is C13H21F3. The molecule has 0 spiro atoms. The van der Waals surface area contributed by atoms with Gasteiger partial charge in [0.05, 0.1) is 5.41 Å². The highest BCUT2D eigenvalue weighted by molar-refractivity contribution is 5.19. The van der Waals surface area contributed by atoms with Crippen molar-refractivity contribution in [3.63, 3.8) is 0 Å². The van der Waals surface area contributed by atoms with Gasteiger partial charge in [0.25, 0.3) is 5.92 Å². The van der Waals surface area contributed by atoms with E-state index in [4.69, 9.17) is 0 Å². The smallest absolute Gasteiger partial charge is 0.212 e. The van der Waals surface area contributed by atoms with Crippen molar-refractivity contribution in [2.24, 2.45) is 5.41 Å². The number of alkyl halides is 2. The largest absolute Gasteiger partial charge is 0.254 e. The topological polar surface area (TPSA) is 0 Å². The molecule has 0 nitrogen and oxygen atoms in total. The third-order valence-corrected chi connectivity index (χ3v) is 3.10. The Hall–Kier alpha value is -0.730. The molecule has 0 N–H and O–H groups in total. The Morgan fingerprint density at radius 2 is 1.75 bits per heavy atom. The van der Waals surface area contributed by atoms with E-state index in [1.165, 1.54) is 13.8 Å². The highest BCUT2D eigenvalue weighted by Gasteiger charge is 2.45. The molecule has 0 aliphatic rings. The predicted octanol–water partition coefficient (Wildman–Crippen LogP) is 5.27. The van der Waals surface area contributed by atoms with Crippen molar-refractivity contribution in [3.8, 4) is 0 Å². The van der Waals surface area contributed by atoms with Crippen molar-refractivity contribution in [2.45, 2.75) is 52.9 Å². The number of hydrogen-bond donors (Lipinski definition) is 0. The van der Waals surface area contributed by atoms with Crippen molar-refractivity contribution in [1.29, 1.82) is 0 Å². The summed E-state index contributed by atoms with van der Waals surface area (Å²) in [5.41, 5.74) is -1.23. The second-order valence-corrected chi connectivity index (χ2v) is 4.58. The third kappa shape index (κ3) is 3.39. The first-order valence-corrected chi connectivity index (χ1v) is 5.55. The zero-order chi connectivity index (χ0) is 13.0. The van der Waals surface area contributed by atoms with Crippen LogP contribution in [0.4, 0.5) is 13.2 Å². The molecule has 0 aromatic rings. The fourth-order valence-electron chi connectivity index (χ4n) is 1.62. The molecule has 0 rings (SSSR count). The maximum Gasteiger partial charge on any atom is 0.254 e. The summed E-state index contributed by atoms with van der Waals surface area (Å²) in [6.45, 7) is 8.81. The number of rotatable bonds is 6. The van der Waals surface area contributed by atoms with E-state index in [0.29, 0.717) is 12.8 Å². The molecule has 0 heterocycles. The Bertz CT molecular complexity index is 269. The molecule has 0 saturated carbocycles. The van der Waals surface area contributed by atoms with Crippen LogP contribution in [0.1, 0.15) is 47.0 Å². The van der Waals surface area contributed by atoms with Gasteiger partial charge in [0.2, 0.25) is 0 Å². The molecule has 0 fully saturated rings. The van der Waals surface area contributed by atoms with Gasteiger partial charge in [-0.2, -0.15) is 0 Å². The van der Waals surface area contributed by atoms with Gasteiger partial charge in [-0.05, 0) is 18.4 Å². The minimum absolute atomic E-state index is 0.159. The lowest BCUT2D eigenvalue weighted by atomic mass is 9.76. The summed E-state index contributed by atoms with van der Waals surface area (Å²) in [6, 6.07) is 0. The van der Waals surface area contributed by atoms with Crippen LogP contribution in [0.3, 0.4) is 0 Å². The van der Waals surface area contributed by atoms with Gasteiger partial charge in [-0.3, -0.25) is 0 Å². The van der Waals surface area contributed by atoms with E-state index in [1.54, 1.807) is 13.0 Å². The Kier molecular flexibility index (Phi) is 5.30. The van der Waals surface area contributed by atoms with Gasteiger partial charge < -0.3 is 0 Å². The van der Waals surface area contributed by atoms with Gasteiger partial charge in [0.15, 0.2) is 0 Å². The van der Waals surface area contributed by atoms with Crippen molar-refractivity contribution < 1.29 is 13.2 Å². The van der Waals surface area contributed by atoms with E-state index in [9.17, 15) is 13.2 Å². The van der Waals surface area contributed by atoms with Crippen molar-refractivity contribution in [3.05, 3.63) is 24.1 Å². The highest BCUT2D eigenvalue weighted by atomic mass is 19.3. The van der Waals surface area contributed by atoms with Gasteiger partial charge in [-0.1, -0.05) is 26.8 Å². The van der Waals surface area contributed by atoms with Crippen LogP contribution in [0, 0.1) is 5.41 Å². The molecule has 16 heavy (non-hydrogen) atoms. The van der Waals surface area contributed by atoms with Crippen LogP contribution in [-0.2, 0) is 0 Å². The van der Waals surface area contributed by atoms with Crippen LogP contribution in [0.25, 0.3) is 0 Å². The minimum atomic E-state index is -2.93. The van der Waals surface area contributed by atoms with Crippen LogP contribution in [-0.4, -0.2) is 5.92 Å². The minimum Gasteiger partial charge on any atom is -0.212 e. The van der Waals surface area contributed by atoms with E-state index in [2.05, 4.69) is 6.58 Å². The quantitative estimate of drug-likeness (QED) is 0.549. The summed E-state index contributed by atoms with van der Waals surface area (Å²) in [5, 5.41) is 0. The summed E-state index contributed by atoms with van der Waals surface area (Å²) < 4.78 is 40.6. The summed E-state index contributed by atoms with van der Waals surface area (Å²) in [4.78, 5) is 0. The molecule has 0 aromatic carbocycles. The summed E-state index contributed by atoms with van der Waals surface area (Å²) in [6.07, 6.45) is 2.52. The number of halogens is 3. The SMILES string of the molecule is C=CCCC(F)=C(CC)C(C)(C)C(C)(F)F. The molecule has 0 aliphatic carbocycles. The first-order valence-electron chi connectivity index (χ1n) is 5.55. The summed E-state index contributed by atoms with van der Waals surface area (Å²) in [7, 11) is 0. The zero-order valence-electron chi connectivity index (χ0n) is 10.5. The van der Waals surface area contributed by atoms with Crippen LogP contribution in [0.15, 0.2) is 24.1 Å². The molecule has 0 amide bonds. The molecule has 0 bridgehead atoms. The first kappa shape index (κ1) is 15.3. The van der Waals surface area contributed by atoms with Gasteiger partial charge in [-0.15, -0.1) is 6.58 Å². The Labute approximate surface area is 96.2 Å². The fourth-order valence-corrected chi connectivity index (χ4v) is 1.62. The second-order valence-electron chi connectivity index (χ2n) is 4.58. The van der Waals surface area contributed by atoms with Crippen LogP contribution < -0.4 is 0 Å². The lowest BCUT2D eigenvalue weighted by Crippen LogP contribution is -2.35. The molecule has 0 saturated heterocycles. The average Bonchev–Trinajstić information content (AvgIpc) is 2.13. The monoisotopic (exact) mass is 234 g/mol. The molecular weight excluding hydrogens is 213 g/mol. The van der Waals surface area contributed by atoms with Gasteiger partial charge >= 0.3 is 0 Å². The van der Waals surface area contributed by atoms with Gasteiger partial charge in [0, 0.05) is 13.3 Å². The molecule has 94 valence electrons. The summed E-state index contributed by atoms with van der Waals surface area (Å²) >= 11 is 0. The lowest BCUT2D eigenvalue weighted by molar-refractivity contribution is -0.0714. The maximum absolute atomic E-state index is 13.8. The summed E-state index contributed by atoms with van der Waals surface area (Å²) in [5.74, 6) is -3.35. The molecule has 0 unspecified atom stereocenters. The third-order valence-electron chi connectivity index (χ3n) is 3.10. The van der Waals surface area contributed by atoms with Gasteiger partial charge in [0.1, 0.15) is 5.83 Å². The van der Waals surface area contributed by atoms with E-state index in [0.717, 1.165) is 6.92 Å².